The van der Waals surface area contributed by atoms with Crippen LogP contribution in [0.2, 0.25) is 0 Å². The van der Waals surface area contributed by atoms with Crippen molar-refractivity contribution in [1.29, 1.82) is 0 Å². The van der Waals surface area contributed by atoms with Crippen LogP contribution in [0.3, 0.4) is 0 Å². The first kappa shape index (κ1) is 20.8. The Balaban J connectivity index is 2.22. The van der Waals surface area contributed by atoms with E-state index in [2.05, 4.69) is 17.6 Å². The summed E-state index contributed by atoms with van der Waals surface area (Å²) < 4.78 is 12.2. The van der Waals surface area contributed by atoms with Gasteiger partial charge in [0.15, 0.2) is 12.4 Å². The van der Waals surface area contributed by atoms with Gasteiger partial charge in [-0.3, -0.25) is 9.10 Å². The minimum Gasteiger partial charge on any atom is -0.477 e. The average Bonchev–Trinajstić information content (AvgIpc) is 2.62. The van der Waals surface area contributed by atoms with E-state index in [-0.39, 0.29) is 18.3 Å². The molecular formula is C16H23N2O6S+. The molecule has 0 aliphatic carbocycles. The Kier molecular flexibility index (Phi) is 9.38. The third kappa shape index (κ3) is 8.39. The van der Waals surface area contributed by atoms with E-state index in [9.17, 15) is 14.4 Å². The predicted octanol–water partition coefficient (Wildman–Crippen LogP) is 2.04. The lowest BCUT2D eigenvalue weighted by Crippen LogP contribution is -2.38. The number of carboxylic acids is 1. The zero-order valence-electron chi connectivity index (χ0n) is 14.1. The van der Waals surface area contributed by atoms with Crippen LogP contribution in [-0.2, 0) is 21.0 Å². The molecule has 1 heterocycles. The van der Waals surface area contributed by atoms with Gasteiger partial charge in [-0.15, -0.1) is 0 Å². The van der Waals surface area contributed by atoms with Gasteiger partial charge in [0.25, 0.3) is 6.73 Å². The third-order valence-electron chi connectivity index (χ3n) is 3.38. The lowest BCUT2D eigenvalue weighted by atomic mass is 10.1. The standard InChI is InChI=1S/C16H22N2O6S/c1-23-14(19)8-4-2-3-5-10-18(25)16(22)24-12-17-9-6-7-13(11-17)15(20)21/h6-7,9,11,25H,2-5,8,10,12H2,1H3/p+1. The highest BCUT2D eigenvalue weighted by molar-refractivity contribution is 7.78. The first-order chi connectivity index (χ1) is 11.9. The van der Waals surface area contributed by atoms with E-state index in [0.717, 1.165) is 25.7 Å². The van der Waals surface area contributed by atoms with Gasteiger partial charge in [0.2, 0.25) is 0 Å². The second kappa shape index (κ2) is 11.3. The first-order valence-electron chi connectivity index (χ1n) is 7.86. The number of nitrogens with zero attached hydrogens (tertiary/aromatic N) is 2. The maximum Gasteiger partial charge on any atom is 0.424 e. The maximum atomic E-state index is 11.8. The molecule has 0 saturated carbocycles. The number of carbonyl (C=O) groups is 3. The van der Waals surface area contributed by atoms with Gasteiger partial charge in [-0.1, -0.05) is 25.7 Å². The summed E-state index contributed by atoms with van der Waals surface area (Å²) in [7, 11) is 1.36. The summed E-state index contributed by atoms with van der Waals surface area (Å²) in [4.78, 5) is 33.7. The Morgan fingerprint density at radius 2 is 1.96 bits per heavy atom. The molecule has 1 rings (SSSR count). The van der Waals surface area contributed by atoms with Gasteiger partial charge in [-0.2, -0.15) is 4.57 Å². The number of hydrogen-bond acceptors (Lipinski definition) is 6. The summed E-state index contributed by atoms with van der Waals surface area (Å²) in [6.45, 7) is 0.316. The van der Waals surface area contributed by atoms with Gasteiger partial charge in [0, 0.05) is 19.0 Å². The number of unbranched alkanes of at least 4 members (excludes halogenated alkanes) is 3. The van der Waals surface area contributed by atoms with E-state index in [1.165, 1.54) is 28.2 Å². The molecule has 138 valence electrons. The van der Waals surface area contributed by atoms with E-state index < -0.39 is 12.1 Å². The molecule has 0 aromatic carbocycles. The smallest absolute Gasteiger partial charge is 0.424 e. The van der Waals surface area contributed by atoms with Gasteiger partial charge < -0.3 is 14.6 Å². The number of hydrogen-bond donors (Lipinski definition) is 2. The SMILES string of the molecule is COC(=O)CCCCCCN(S)C(=O)OC[n+]1cccc(C(=O)O)c1. The zero-order chi connectivity index (χ0) is 18.7. The van der Waals surface area contributed by atoms with E-state index >= 15 is 0 Å². The Labute approximate surface area is 151 Å². The largest absolute Gasteiger partial charge is 0.477 e. The fraction of sp³-hybridized carbons (Fsp3) is 0.500. The van der Waals surface area contributed by atoms with Crippen LogP contribution in [-0.4, -0.2) is 41.1 Å². The minimum absolute atomic E-state index is 0.101. The normalized spacial score (nSPS) is 10.2. The number of amides is 1. The highest BCUT2D eigenvalue weighted by Gasteiger charge is 2.14. The van der Waals surface area contributed by atoms with Crippen LogP contribution in [0, 0.1) is 0 Å². The van der Waals surface area contributed by atoms with Crippen molar-refractivity contribution in [3.63, 3.8) is 0 Å². The number of aromatic nitrogens is 1. The van der Waals surface area contributed by atoms with Crippen molar-refractivity contribution in [2.75, 3.05) is 13.7 Å². The van der Waals surface area contributed by atoms with Crippen LogP contribution >= 0.6 is 12.8 Å². The summed E-state index contributed by atoms with van der Waals surface area (Å²) >= 11 is 4.08. The molecule has 1 N–H and O–H groups in total. The summed E-state index contributed by atoms with van der Waals surface area (Å²) in [5, 5.41) is 8.91. The molecule has 0 aliphatic rings. The van der Waals surface area contributed by atoms with Crippen LogP contribution in [0.1, 0.15) is 42.5 Å². The molecule has 1 amide bonds. The molecule has 0 fully saturated rings. The van der Waals surface area contributed by atoms with E-state index in [4.69, 9.17) is 9.84 Å². The fourth-order valence-electron chi connectivity index (χ4n) is 2.01. The van der Waals surface area contributed by atoms with Crippen LogP contribution in [0.5, 0.6) is 0 Å². The predicted molar refractivity (Wildman–Crippen MR) is 90.9 cm³/mol. The van der Waals surface area contributed by atoms with Crippen LogP contribution in [0.15, 0.2) is 24.5 Å². The van der Waals surface area contributed by atoms with Gasteiger partial charge >= 0.3 is 18.0 Å². The average molecular weight is 371 g/mol. The molecule has 8 nitrogen and oxygen atoms in total. The van der Waals surface area contributed by atoms with Gasteiger partial charge in [-0.25, -0.2) is 9.59 Å². The van der Waals surface area contributed by atoms with Crippen molar-refractivity contribution in [1.82, 2.24) is 4.31 Å². The van der Waals surface area contributed by atoms with Crippen LogP contribution < -0.4 is 4.57 Å². The highest BCUT2D eigenvalue weighted by atomic mass is 32.1. The Morgan fingerprint density at radius 3 is 2.64 bits per heavy atom. The topological polar surface area (TPSA) is 97.0 Å². The van der Waals surface area contributed by atoms with Crippen molar-refractivity contribution in [2.24, 2.45) is 0 Å². The quantitative estimate of drug-likeness (QED) is 0.283. The third-order valence-corrected chi connectivity index (χ3v) is 3.74. The fourth-order valence-corrected chi connectivity index (χ4v) is 2.21. The van der Waals surface area contributed by atoms with Crippen LogP contribution in [0.4, 0.5) is 4.79 Å². The Morgan fingerprint density at radius 1 is 1.24 bits per heavy atom. The molecule has 0 unspecified atom stereocenters. The molecular weight excluding hydrogens is 348 g/mol. The molecule has 0 radical (unpaired) electrons. The number of esters is 1. The summed E-state index contributed by atoms with van der Waals surface area (Å²) in [5.41, 5.74) is 0.105. The number of rotatable bonds is 10. The molecule has 0 bridgehead atoms. The number of ether oxygens (including phenoxy) is 2. The lowest BCUT2D eigenvalue weighted by Gasteiger charge is -2.14. The number of carbonyl (C=O) groups excluding carboxylic acids is 2. The second-order valence-corrected chi connectivity index (χ2v) is 5.80. The molecule has 0 saturated heterocycles. The van der Waals surface area contributed by atoms with E-state index in [1.807, 2.05) is 0 Å². The van der Waals surface area contributed by atoms with Crippen molar-refractivity contribution in [3.05, 3.63) is 30.1 Å². The van der Waals surface area contributed by atoms with Crippen molar-refractivity contribution in [3.8, 4) is 0 Å². The van der Waals surface area contributed by atoms with Crippen molar-refractivity contribution < 1.29 is 33.5 Å². The molecule has 0 atom stereocenters. The Bertz CT molecular complexity index is 596. The molecule has 1 aromatic heterocycles. The van der Waals surface area contributed by atoms with Crippen LogP contribution in [0.25, 0.3) is 0 Å². The summed E-state index contributed by atoms with van der Waals surface area (Å²) in [6, 6.07) is 3.01. The molecule has 25 heavy (non-hydrogen) atoms. The van der Waals surface area contributed by atoms with Crippen molar-refractivity contribution in [2.45, 2.75) is 38.8 Å². The van der Waals surface area contributed by atoms with E-state index in [1.54, 1.807) is 12.3 Å². The molecule has 1 aromatic rings. The van der Waals surface area contributed by atoms with Gasteiger partial charge in [0.1, 0.15) is 5.56 Å². The zero-order valence-corrected chi connectivity index (χ0v) is 15.0. The summed E-state index contributed by atoms with van der Waals surface area (Å²) in [5.74, 6) is -1.27. The summed E-state index contributed by atoms with van der Waals surface area (Å²) in [6.07, 6.45) is 5.98. The highest BCUT2D eigenvalue weighted by Crippen LogP contribution is 2.07. The number of thiol groups is 1. The number of carboxylic acid groups (broad SMARTS) is 1. The molecule has 0 aliphatic heterocycles. The first-order valence-corrected chi connectivity index (χ1v) is 8.26. The number of methoxy groups -OCH3 is 1. The molecule has 0 spiro atoms. The van der Waals surface area contributed by atoms with E-state index in [0.29, 0.717) is 13.0 Å². The van der Waals surface area contributed by atoms with Crippen molar-refractivity contribution >= 4 is 30.8 Å². The number of pyridine rings is 1. The monoisotopic (exact) mass is 371 g/mol. The lowest BCUT2D eigenvalue weighted by molar-refractivity contribution is -0.727. The van der Waals surface area contributed by atoms with Gasteiger partial charge in [0.05, 0.1) is 7.11 Å². The minimum atomic E-state index is -1.05. The Hall–Kier alpha value is -2.29. The maximum absolute atomic E-state index is 11.8. The van der Waals surface area contributed by atoms with Gasteiger partial charge in [-0.05, 0) is 18.9 Å². The molecule has 9 heteroatoms. The second-order valence-electron chi connectivity index (χ2n) is 5.31. The number of aromatic carboxylic acids is 1.